The predicted octanol–water partition coefficient (Wildman–Crippen LogP) is 7.92. The van der Waals surface area contributed by atoms with Gasteiger partial charge in [0.25, 0.3) is 0 Å². The zero-order valence-corrected chi connectivity index (χ0v) is 29.7. The van der Waals surface area contributed by atoms with Crippen molar-refractivity contribution in [2.45, 2.75) is 79.2 Å². The number of hydrogen-bond donors (Lipinski definition) is 4. The maximum atomic E-state index is 14.4. The minimum atomic E-state index is -2.64. The van der Waals surface area contributed by atoms with Crippen molar-refractivity contribution >= 4 is 17.3 Å². The monoisotopic (exact) mass is 674 g/mol. The number of aliphatic hydroxyl groups is 3. The number of hydrogen-bond acceptors (Lipinski definition) is 7. The van der Waals surface area contributed by atoms with E-state index in [0.29, 0.717) is 12.0 Å². The van der Waals surface area contributed by atoms with Gasteiger partial charge in [-0.05, 0) is 84.4 Å². The molecule has 0 heterocycles. The molecule has 3 aliphatic rings. The lowest BCUT2D eigenvalue weighted by Crippen LogP contribution is -2.67. The molecule has 3 aromatic rings. The smallest absolute Gasteiger partial charge is 0.209 e. The van der Waals surface area contributed by atoms with Crippen molar-refractivity contribution in [3.63, 3.8) is 0 Å². The summed E-state index contributed by atoms with van der Waals surface area (Å²) in [7, 11) is 0. The van der Waals surface area contributed by atoms with E-state index in [9.17, 15) is 34.8 Å². The van der Waals surface area contributed by atoms with Crippen molar-refractivity contribution in [2.75, 3.05) is 0 Å². The zero-order valence-electron chi connectivity index (χ0n) is 29.7. The highest BCUT2D eigenvalue weighted by Gasteiger charge is 2.71. The number of aryl methyl sites for hydroxylation is 1. The first kappa shape index (κ1) is 35.1. The summed E-state index contributed by atoms with van der Waals surface area (Å²) in [6, 6.07) is 19.9. The normalized spacial score (nSPS) is 26.1. The lowest BCUT2D eigenvalue weighted by Gasteiger charge is -2.59. The Labute approximate surface area is 293 Å². The first-order chi connectivity index (χ1) is 23.5. The third-order valence-corrected chi connectivity index (χ3v) is 11.5. The maximum absolute atomic E-state index is 14.4. The summed E-state index contributed by atoms with van der Waals surface area (Å²) >= 11 is 0. The van der Waals surface area contributed by atoms with Crippen LogP contribution in [0.3, 0.4) is 0 Å². The molecule has 0 amide bonds. The number of Topliss-reactive ketones (excluding diaryl/α,β-unsaturated/α-hetero) is 3. The van der Waals surface area contributed by atoms with E-state index in [-0.39, 0.29) is 35.6 Å². The average molecular weight is 675 g/mol. The Bertz CT molecular complexity index is 2010. The van der Waals surface area contributed by atoms with Crippen LogP contribution in [0, 0.1) is 22.7 Å². The van der Waals surface area contributed by atoms with Crippen LogP contribution in [0.15, 0.2) is 95.5 Å². The summed E-state index contributed by atoms with van der Waals surface area (Å²) in [4.78, 5) is 41.0. The molecule has 0 fully saturated rings. The molecule has 0 bridgehead atoms. The summed E-state index contributed by atoms with van der Waals surface area (Å²) in [5.41, 5.74) is 0.980. The molecule has 1 unspecified atom stereocenters. The summed E-state index contributed by atoms with van der Waals surface area (Å²) in [5.74, 6) is -5.24. The first-order valence-corrected chi connectivity index (χ1v) is 17.4. The second kappa shape index (κ2) is 12.2. The van der Waals surface area contributed by atoms with Crippen molar-refractivity contribution in [3.05, 3.63) is 123 Å². The van der Waals surface area contributed by atoms with E-state index in [2.05, 4.69) is 37.8 Å². The van der Waals surface area contributed by atoms with Crippen LogP contribution in [0.1, 0.15) is 80.6 Å². The van der Waals surface area contributed by atoms with Crippen molar-refractivity contribution in [1.82, 2.24) is 0 Å². The summed E-state index contributed by atoms with van der Waals surface area (Å²) in [5, 5.41) is 46.6. The number of carbonyl (C=O) groups excluding carboxylic acids is 3. The van der Waals surface area contributed by atoms with Gasteiger partial charge in [0, 0.05) is 22.3 Å². The van der Waals surface area contributed by atoms with Gasteiger partial charge in [-0.2, -0.15) is 0 Å². The van der Waals surface area contributed by atoms with Crippen molar-refractivity contribution < 1.29 is 34.8 Å². The molecule has 0 aliphatic heterocycles. The second-order valence-corrected chi connectivity index (χ2v) is 15.4. The van der Waals surface area contributed by atoms with Gasteiger partial charge in [0.2, 0.25) is 5.78 Å². The fourth-order valence-electron chi connectivity index (χ4n) is 9.34. The fourth-order valence-corrected chi connectivity index (χ4v) is 9.34. The molecule has 0 aromatic heterocycles. The van der Waals surface area contributed by atoms with E-state index >= 15 is 0 Å². The number of allylic oxidation sites excluding steroid dienone is 3. The molecule has 0 saturated carbocycles. The van der Waals surface area contributed by atoms with Crippen LogP contribution in [0.25, 0.3) is 11.1 Å². The lowest BCUT2D eigenvalue weighted by atomic mass is 9.44. The van der Waals surface area contributed by atoms with E-state index < -0.39 is 56.8 Å². The molecule has 6 rings (SSSR count). The molecule has 3 aliphatic carbocycles. The molecule has 7 heteroatoms. The van der Waals surface area contributed by atoms with Crippen LogP contribution in [0.2, 0.25) is 0 Å². The number of fused-ring (bicyclic) bond motifs is 3. The molecule has 0 radical (unpaired) electrons. The lowest BCUT2D eigenvalue weighted by molar-refractivity contribution is -0.171. The minimum absolute atomic E-state index is 0.00845. The molecule has 50 heavy (non-hydrogen) atoms. The highest BCUT2D eigenvalue weighted by atomic mass is 16.3. The van der Waals surface area contributed by atoms with Gasteiger partial charge in [-0.3, -0.25) is 14.4 Å². The van der Waals surface area contributed by atoms with E-state index in [4.69, 9.17) is 0 Å². The van der Waals surface area contributed by atoms with Gasteiger partial charge in [0.1, 0.15) is 22.8 Å². The Kier molecular flexibility index (Phi) is 8.59. The number of phenols is 1. The van der Waals surface area contributed by atoms with Gasteiger partial charge in [-0.1, -0.05) is 101 Å². The highest BCUT2D eigenvalue weighted by Crippen LogP contribution is 2.65. The van der Waals surface area contributed by atoms with Crippen LogP contribution < -0.4 is 0 Å². The number of benzene rings is 3. The summed E-state index contributed by atoms with van der Waals surface area (Å²) in [6.07, 6.45) is 2.74. The Morgan fingerprint density at radius 3 is 2.00 bits per heavy atom. The van der Waals surface area contributed by atoms with E-state index in [0.717, 1.165) is 42.0 Å². The molecular weight excluding hydrogens is 628 g/mol. The van der Waals surface area contributed by atoms with Gasteiger partial charge in [-0.15, -0.1) is 0 Å². The molecule has 3 aromatic carbocycles. The number of aromatic hydroxyl groups is 1. The topological polar surface area (TPSA) is 132 Å². The van der Waals surface area contributed by atoms with Gasteiger partial charge in [-0.25, -0.2) is 0 Å². The molecule has 4 atom stereocenters. The number of rotatable bonds is 8. The summed E-state index contributed by atoms with van der Waals surface area (Å²) in [6.45, 7) is 14.7. The predicted molar refractivity (Wildman–Crippen MR) is 193 cm³/mol. The van der Waals surface area contributed by atoms with Crippen LogP contribution in [0.4, 0.5) is 0 Å². The van der Waals surface area contributed by atoms with E-state index in [1.54, 1.807) is 13.0 Å². The largest absolute Gasteiger partial charge is 0.511 e. The van der Waals surface area contributed by atoms with Gasteiger partial charge >= 0.3 is 0 Å². The Hall–Kier alpha value is -4.75. The fraction of sp³-hybridized carbons (Fsp3) is 0.372. The quantitative estimate of drug-likeness (QED) is 0.141. The van der Waals surface area contributed by atoms with Crippen molar-refractivity contribution in [2.24, 2.45) is 22.7 Å². The van der Waals surface area contributed by atoms with Crippen molar-refractivity contribution in [1.29, 1.82) is 0 Å². The first-order valence-electron chi connectivity index (χ1n) is 17.4. The third kappa shape index (κ3) is 5.17. The molecule has 0 saturated heterocycles. The van der Waals surface area contributed by atoms with Crippen LogP contribution >= 0.6 is 0 Å². The van der Waals surface area contributed by atoms with Gasteiger partial charge in [0.15, 0.2) is 17.2 Å². The number of carbonyl (C=O) groups is 3. The van der Waals surface area contributed by atoms with Crippen LogP contribution in [-0.4, -0.2) is 43.4 Å². The SMILES string of the molecule is C=C(Cc1ccc(CC)cc1)Cc1ccc(-c2ccc(O)c3c2C[C@]2(C)C[C@]4(C)C(C(C)C)C(O)=C(C(C)=O)C(=O)[C@]4(O)C(O)=C2C3=O)cc1. The zero-order chi connectivity index (χ0) is 36.5. The second-order valence-electron chi connectivity index (χ2n) is 15.4. The van der Waals surface area contributed by atoms with E-state index in [1.807, 2.05) is 45.0 Å². The maximum Gasteiger partial charge on any atom is 0.209 e. The average Bonchev–Trinajstić information content (AvgIpc) is 3.03. The number of phenolic OH excluding ortho intramolecular Hbond substituents is 1. The molecule has 0 spiro atoms. The molecule has 7 nitrogen and oxygen atoms in total. The summed E-state index contributed by atoms with van der Waals surface area (Å²) < 4.78 is 0. The number of ketones is 3. The molecule has 4 N–H and O–H groups in total. The standard InChI is InChI=1S/C43H46O7/c1-8-26-9-11-27(12-10-26)19-24(4)20-28-13-15-29(16-14-28)30-17-18-32(45)34-31(30)21-41(6)22-42(7)35(23(2)3)37(46)33(25(5)44)39(48)43(42,50)40(49)36(41)38(34)47/h9-18,23,35,45-46,49-50H,4,8,19-22H2,1-3,5-7H3/t35?,41-,42-,43+/m1/s1. The minimum Gasteiger partial charge on any atom is -0.511 e. The van der Waals surface area contributed by atoms with Crippen LogP contribution in [0.5, 0.6) is 5.75 Å². The van der Waals surface area contributed by atoms with Crippen molar-refractivity contribution in [3.8, 4) is 16.9 Å². The van der Waals surface area contributed by atoms with Gasteiger partial charge < -0.3 is 20.4 Å². The number of aliphatic hydroxyl groups excluding tert-OH is 2. The molecular formula is C43H46O7. The third-order valence-electron chi connectivity index (χ3n) is 11.5. The van der Waals surface area contributed by atoms with Gasteiger partial charge in [0.05, 0.1) is 5.56 Å². The Morgan fingerprint density at radius 2 is 1.46 bits per heavy atom. The molecule has 260 valence electrons. The Balaban J connectivity index is 1.38. The van der Waals surface area contributed by atoms with E-state index in [1.165, 1.54) is 17.2 Å². The Morgan fingerprint density at radius 1 is 0.900 bits per heavy atom. The highest BCUT2D eigenvalue weighted by molar-refractivity contribution is 6.25. The van der Waals surface area contributed by atoms with Crippen LogP contribution in [-0.2, 0) is 35.3 Å².